The van der Waals surface area contributed by atoms with E-state index in [1.54, 1.807) is 12.1 Å². The normalized spacial score (nSPS) is 21.5. The van der Waals surface area contributed by atoms with Crippen LogP contribution in [-0.2, 0) is 25.7 Å². The monoisotopic (exact) mass is 484 g/mol. The van der Waals surface area contributed by atoms with Crippen molar-refractivity contribution < 1.29 is 28.7 Å². The Hall–Kier alpha value is -4.36. The molecule has 1 spiro atoms. The largest absolute Gasteiger partial charge is 0.452 e. The van der Waals surface area contributed by atoms with E-state index in [0.29, 0.717) is 23.8 Å². The molecule has 0 unspecified atom stereocenters. The van der Waals surface area contributed by atoms with Crippen molar-refractivity contribution in [2.45, 2.75) is 44.7 Å². The summed E-state index contributed by atoms with van der Waals surface area (Å²) >= 11 is 0. The van der Waals surface area contributed by atoms with Gasteiger partial charge in [0.05, 0.1) is 11.3 Å². The second-order valence-electron chi connectivity index (χ2n) is 8.55. The number of rotatable bonds is 7. The quantitative estimate of drug-likeness (QED) is 0.360. The summed E-state index contributed by atoms with van der Waals surface area (Å²) in [6.07, 6.45) is 3.83. The Kier molecular flexibility index (Phi) is 6.71. The zero-order chi connectivity index (χ0) is 25.0. The van der Waals surface area contributed by atoms with Crippen LogP contribution in [-0.4, -0.2) is 67.1 Å². The van der Waals surface area contributed by atoms with E-state index >= 15 is 0 Å². The molecule has 2 fully saturated rings. The Labute approximate surface area is 199 Å². The molecular weight excluding hydrogens is 460 g/mol. The Morgan fingerprint density at radius 3 is 2.63 bits per heavy atom. The lowest BCUT2D eigenvalue weighted by Crippen LogP contribution is -2.52. The highest BCUT2D eigenvalue weighted by atomic mass is 16.5. The highest BCUT2D eigenvalue weighted by molar-refractivity contribution is 6.08. The number of nitrogens with one attached hydrogen (secondary N) is 3. The van der Waals surface area contributed by atoms with Crippen LogP contribution in [0.15, 0.2) is 30.6 Å². The standard InChI is InChI=1S/C21H24N8O6/c1-13-6-8-21(9-7-13)19(33)29(20(34)24-21)25-17(31)11-35-18(32)14-4-2-3-5-15(14)23-16(30)10-28-12-22-26-27-28/h2-5,12-13H,6-11H2,1H3,(H,23,30)(H,24,34)(H,25,31). The van der Waals surface area contributed by atoms with E-state index in [2.05, 4.69) is 38.5 Å². The van der Waals surface area contributed by atoms with Gasteiger partial charge in [-0.25, -0.2) is 14.3 Å². The van der Waals surface area contributed by atoms with Gasteiger partial charge in [0.15, 0.2) is 6.61 Å². The van der Waals surface area contributed by atoms with Crippen molar-refractivity contribution in [2.24, 2.45) is 5.92 Å². The van der Waals surface area contributed by atoms with E-state index in [4.69, 9.17) is 4.74 Å². The fourth-order valence-electron chi connectivity index (χ4n) is 4.04. The van der Waals surface area contributed by atoms with E-state index in [1.165, 1.54) is 23.1 Å². The molecule has 0 radical (unpaired) electrons. The van der Waals surface area contributed by atoms with Crippen molar-refractivity contribution >= 4 is 35.4 Å². The molecule has 1 saturated carbocycles. The van der Waals surface area contributed by atoms with Gasteiger partial charge < -0.3 is 15.4 Å². The number of aromatic nitrogens is 4. The third-order valence-corrected chi connectivity index (χ3v) is 5.98. The molecule has 3 N–H and O–H groups in total. The average Bonchev–Trinajstić information content (AvgIpc) is 3.42. The van der Waals surface area contributed by atoms with Crippen molar-refractivity contribution in [3.63, 3.8) is 0 Å². The second-order valence-corrected chi connectivity index (χ2v) is 8.55. The minimum absolute atomic E-state index is 0.00985. The number of hydrogen-bond donors (Lipinski definition) is 3. The molecule has 0 atom stereocenters. The van der Waals surface area contributed by atoms with E-state index in [0.717, 1.165) is 12.8 Å². The van der Waals surface area contributed by atoms with Gasteiger partial charge in [-0.3, -0.25) is 19.8 Å². The topological polar surface area (TPSA) is 178 Å². The van der Waals surface area contributed by atoms with Gasteiger partial charge in [-0.1, -0.05) is 19.1 Å². The Morgan fingerprint density at radius 2 is 1.91 bits per heavy atom. The number of hydrogen-bond acceptors (Lipinski definition) is 9. The zero-order valence-corrected chi connectivity index (χ0v) is 18.9. The van der Waals surface area contributed by atoms with Gasteiger partial charge >= 0.3 is 12.0 Å². The van der Waals surface area contributed by atoms with Crippen LogP contribution in [0.3, 0.4) is 0 Å². The maximum absolute atomic E-state index is 12.8. The van der Waals surface area contributed by atoms with Gasteiger partial charge in [0.1, 0.15) is 18.4 Å². The van der Waals surface area contributed by atoms with Crippen molar-refractivity contribution in [3.8, 4) is 0 Å². The second kappa shape index (κ2) is 9.87. The maximum Gasteiger partial charge on any atom is 0.344 e. The van der Waals surface area contributed by atoms with Crippen LogP contribution in [0, 0.1) is 5.92 Å². The Bertz CT molecular complexity index is 1140. The number of amides is 5. The highest BCUT2D eigenvalue weighted by Crippen LogP contribution is 2.35. The first-order valence-corrected chi connectivity index (χ1v) is 11.0. The molecule has 184 valence electrons. The number of anilines is 1. The summed E-state index contributed by atoms with van der Waals surface area (Å²) in [7, 11) is 0. The number of ether oxygens (including phenoxy) is 1. The molecule has 14 nitrogen and oxygen atoms in total. The average molecular weight is 484 g/mol. The number of imide groups is 1. The predicted octanol–water partition coefficient (Wildman–Crippen LogP) is 0.000500. The van der Waals surface area contributed by atoms with Crippen LogP contribution < -0.4 is 16.1 Å². The van der Waals surface area contributed by atoms with Gasteiger partial charge in [-0.2, -0.15) is 5.01 Å². The summed E-state index contributed by atoms with van der Waals surface area (Å²) in [6.45, 7) is 1.16. The lowest BCUT2D eigenvalue weighted by molar-refractivity contribution is -0.141. The first kappa shape index (κ1) is 23.8. The van der Waals surface area contributed by atoms with Crippen LogP contribution in [0.4, 0.5) is 10.5 Å². The number of carbonyl (C=O) groups excluding carboxylic acids is 5. The fraction of sp³-hybridized carbons (Fsp3) is 0.429. The molecule has 1 aromatic heterocycles. The Balaban J connectivity index is 1.32. The molecule has 1 aliphatic carbocycles. The summed E-state index contributed by atoms with van der Waals surface area (Å²) in [5, 5.41) is 16.3. The van der Waals surface area contributed by atoms with Gasteiger partial charge in [-0.05, 0) is 54.2 Å². The van der Waals surface area contributed by atoms with Gasteiger partial charge in [0, 0.05) is 0 Å². The minimum Gasteiger partial charge on any atom is -0.452 e. The molecule has 0 bridgehead atoms. The smallest absolute Gasteiger partial charge is 0.344 e. The summed E-state index contributed by atoms with van der Waals surface area (Å²) in [5.74, 6) is -2.29. The number of nitrogens with zero attached hydrogens (tertiary/aromatic N) is 5. The van der Waals surface area contributed by atoms with E-state index in [1.807, 2.05) is 0 Å². The molecule has 4 rings (SSSR count). The molecule has 1 aromatic carbocycles. The van der Waals surface area contributed by atoms with Crippen LogP contribution >= 0.6 is 0 Å². The molecule has 1 saturated heterocycles. The van der Waals surface area contributed by atoms with Gasteiger partial charge in [-0.15, -0.1) is 5.10 Å². The molecule has 14 heteroatoms. The van der Waals surface area contributed by atoms with Crippen LogP contribution in [0.1, 0.15) is 43.0 Å². The molecule has 35 heavy (non-hydrogen) atoms. The van der Waals surface area contributed by atoms with Crippen molar-refractivity contribution in [1.29, 1.82) is 0 Å². The van der Waals surface area contributed by atoms with E-state index < -0.39 is 41.9 Å². The fourth-order valence-corrected chi connectivity index (χ4v) is 4.04. The first-order chi connectivity index (χ1) is 16.8. The number of carbonyl (C=O) groups is 5. The van der Waals surface area contributed by atoms with E-state index in [-0.39, 0.29) is 17.8 Å². The zero-order valence-electron chi connectivity index (χ0n) is 18.9. The number of para-hydroxylation sites is 1. The third kappa shape index (κ3) is 5.26. The first-order valence-electron chi connectivity index (χ1n) is 11.0. The molecule has 5 amide bonds. The van der Waals surface area contributed by atoms with Crippen LogP contribution in [0.5, 0.6) is 0 Å². The maximum atomic E-state index is 12.8. The third-order valence-electron chi connectivity index (χ3n) is 5.98. The van der Waals surface area contributed by atoms with Crippen LogP contribution in [0.2, 0.25) is 0 Å². The van der Waals surface area contributed by atoms with Crippen molar-refractivity contribution in [1.82, 2.24) is 36.0 Å². The van der Waals surface area contributed by atoms with Crippen molar-refractivity contribution in [3.05, 3.63) is 36.2 Å². The number of esters is 1. The lowest BCUT2D eigenvalue weighted by atomic mass is 9.77. The number of benzene rings is 1. The number of tetrazole rings is 1. The minimum atomic E-state index is -1.01. The summed E-state index contributed by atoms with van der Waals surface area (Å²) in [6, 6.07) is 5.35. The summed E-state index contributed by atoms with van der Waals surface area (Å²) in [5.41, 5.74) is 1.37. The van der Waals surface area contributed by atoms with Gasteiger partial charge in [0.2, 0.25) is 5.91 Å². The number of hydrazine groups is 1. The lowest BCUT2D eigenvalue weighted by Gasteiger charge is -2.33. The van der Waals surface area contributed by atoms with Crippen molar-refractivity contribution in [2.75, 3.05) is 11.9 Å². The molecule has 2 heterocycles. The number of urea groups is 1. The van der Waals surface area contributed by atoms with Gasteiger partial charge in [0.25, 0.3) is 11.8 Å². The summed E-state index contributed by atoms with van der Waals surface area (Å²) in [4.78, 5) is 62.2. The summed E-state index contributed by atoms with van der Waals surface area (Å²) < 4.78 is 6.24. The van der Waals surface area contributed by atoms with E-state index in [9.17, 15) is 24.0 Å². The molecule has 1 aliphatic heterocycles. The highest BCUT2D eigenvalue weighted by Gasteiger charge is 2.52. The molecule has 2 aliphatic rings. The van der Waals surface area contributed by atoms with Crippen LogP contribution in [0.25, 0.3) is 0 Å². The Morgan fingerprint density at radius 1 is 1.17 bits per heavy atom. The molecular formula is C21H24N8O6. The SMILES string of the molecule is CC1CCC2(CC1)NC(=O)N(NC(=O)COC(=O)c1ccccc1NC(=O)Cn1cnnn1)C2=O. The predicted molar refractivity (Wildman–Crippen MR) is 117 cm³/mol. The molecule has 2 aromatic rings.